The van der Waals surface area contributed by atoms with Crippen LogP contribution >= 0.6 is 15.9 Å². The van der Waals surface area contributed by atoms with E-state index in [1.165, 1.54) is 0 Å². The Labute approximate surface area is 116 Å². The first-order valence-corrected chi connectivity index (χ1v) is 6.89. The predicted octanol–water partition coefficient (Wildman–Crippen LogP) is 3.64. The molecule has 2 rings (SSSR count). The molecule has 0 aliphatic heterocycles. The van der Waals surface area contributed by atoms with Crippen LogP contribution in [0.25, 0.3) is 11.3 Å². The van der Waals surface area contributed by atoms with Gasteiger partial charge in [0.25, 0.3) is 0 Å². The third-order valence-electron chi connectivity index (χ3n) is 2.58. The van der Waals surface area contributed by atoms with Crippen molar-refractivity contribution in [2.24, 2.45) is 0 Å². The van der Waals surface area contributed by atoms with Crippen LogP contribution in [0.15, 0.2) is 39.4 Å². The van der Waals surface area contributed by atoms with Crippen molar-refractivity contribution in [2.75, 3.05) is 6.54 Å². The summed E-state index contributed by atoms with van der Waals surface area (Å²) in [5.74, 6) is 1.58. The van der Waals surface area contributed by atoms with Crippen LogP contribution in [0.3, 0.4) is 0 Å². The summed E-state index contributed by atoms with van der Waals surface area (Å²) < 4.78 is 6.77. The van der Waals surface area contributed by atoms with E-state index in [9.17, 15) is 0 Å². The first-order chi connectivity index (χ1) is 8.66. The van der Waals surface area contributed by atoms with Gasteiger partial charge in [-0.2, -0.15) is 0 Å². The average Bonchev–Trinajstić information content (AvgIpc) is 2.78. The highest BCUT2D eigenvalue weighted by Gasteiger charge is 2.08. The Balaban J connectivity index is 2.04. The number of aromatic nitrogens is 1. The zero-order chi connectivity index (χ0) is 13.0. The molecule has 1 heterocycles. The molecule has 1 aromatic carbocycles. The summed E-state index contributed by atoms with van der Waals surface area (Å²) in [7, 11) is 0. The first kappa shape index (κ1) is 13.3. The normalized spacial score (nSPS) is 11.1. The SMILES string of the molecule is CC(C)NCCc1ncc(-c2ccccc2Br)o1. The van der Waals surface area contributed by atoms with E-state index in [1.54, 1.807) is 6.20 Å². The number of halogens is 1. The fourth-order valence-electron chi connectivity index (χ4n) is 1.68. The summed E-state index contributed by atoms with van der Waals surface area (Å²) in [6.07, 6.45) is 2.59. The van der Waals surface area contributed by atoms with Crippen LogP contribution < -0.4 is 5.32 Å². The van der Waals surface area contributed by atoms with Gasteiger partial charge in [-0.15, -0.1) is 0 Å². The van der Waals surface area contributed by atoms with Gasteiger partial charge in [0.05, 0.1) is 6.20 Å². The lowest BCUT2D eigenvalue weighted by Crippen LogP contribution is -2.24. The molecule has 4 heteroatoms. The maximum atomic E-state index is 5.75. The van der Waals surface area contributed by atoms with Crippen LogP contribution in [-0.2, 0) is 6.42 Å². The van der Waals surface area contributed by atoms with Crippen molar-refractivity contribution >= 4 is 15.9 Å². The fourth-order valence-corrected chi connectivity index (χ4v) is 2.16. The highest BCUT2D eigenvalue weighted by molar-refractivity contribution is 9.10. The summed E-state index contributed by atoms with van der Waals surface area (Å²) in [5, 5.41) is 3.35. The Morgan fingerprint density at radius 3 is 2.83 bits per heavy atom. The van der Waals surface area contributed by atoms with Crippen molar-refractivity contribution < 1.29 is 4.42 Å². The van der Waals surface area contributed by atoms with Gasteiger partial charge in [0.1, 0.15) is 0 Å². The molecule has 3 nitrogen and oxygen atoms in total. The second-order valence-electron chi connectivity index (χ2n) is 4.46. The molecule has 0 saturated heterocycles. The second-order valence-corrected chi connectivity index (χ2v) is 5.31. The first-order valence-electron chi connectivity index (χ1n) is 6.10. The van der Waals surface area contributed by atoms with Crippen LogP contribution in [-0.4, -0.2) is 17.6 Å². The van der Waals surface area contributed by atoms with Gasteiger partial charge in [-0.1, -0.05) is 48.0 Å². The Hall–Kier alpha value is -1.13. The highest BCUT2D eigenvalue weighted by Crippen LogP contribution is 2.28. The van der Waals surface area contributed by atoms with E-state index in [-0.39, 0.29) is 0 Å². The van der Waals surface area contributed by atoms with Crippen LogP contribution in [0.2, 0.25) is 0 Å². The van der Waals surface area contributed by atoms with E-state index in [0.29, 0.717) is 6.04 Å². The summed E-state index contributed by atoms with van der Waals surface area (Å²) in [4.78, 5) is 4.30. The highest BCUT2D eigenvalue weighted by atomic mass is 79.9. The number of hydrogen-bond acceptors (Lipinski definition) is 3. The van der Waals surface area contributed by atoms with E-state index in [4.69, 9.17) is 4.42 Å². The molecular formula is C14H17BrN2O. The van der Waals surface area contributed by atoms with Crippen LogP contribution in [0, 0.1) is 0 Å². The molecule has 0 saturated carbocycles. The number of nitrogens with one attached hydrogen (secondary N) is 1. The summed E-state index contributed by atoms with van der Waals surface area (Å²) in [5.41, 5.74) is 1.04. The van der Waals surface area contributed by atoms with E-state index >= 15 is 0 Å². The van der Waals surface area contributed by atoms with Crippen LogP contribution in [0.5, 0.6) is 0 Å². The van der Waals surface area contributed by atoms with Gasteiger partial charge in [0, 0.05) is 29.0 Å². The van der Waals surface area contributed by atoms with E-state index < -0.39 is 0 Å². The van der Waals surface area contributed by atoms with Gasteiger partial charge >= 0.3 is 0 Å². The molecule has 0 unspecified atom stereocenters. The Kier molecular flexibility index (Phi) is 4.55. The van der Waals surface area contributed by atoms with E-state index in [2.05, 4.69) is 40.1 Å². The second kappa shape index (κ2) is 6.16. The van der Waals surface area contributed by atoms with E-state index in [0.717, 1.165) is 34.7 Å². The zero-order valence-electron chi connectivity index (χ0n) is 10.6. The monoisotopic (exact) mass is 308 g/mol. The number of nitrogens with zero attached hydrogens (tertiary/aromatic N) is 1. The molecule has 2 aromatic rings. The molecule has 0 spiro atoms. The summed E-state index contributed by atoms with van der Waals surface area (Å²) in [6, 6.07) is 8.47. The van der Waals surface area contributed by atoms with Gasteiger partial charge in [0.2, 0.25) is 0 Å². The molecule has 0 fully saturated rings. The average molecular weight is 309 g/mol. The number of benzene rings is 1. The van der Waals surface area contributed by atoms with Crippen molar-refractivity contribution in [1.82, 2.24) is 10.3 Å². The van der Waals surface area contributed by atoms with Crippen molar-refractivity contribution in [2.45, 2.75) is 26.3 Å². The molecule has 0 aliphatic rings. The molecule has 18 heavy (non-hydrogen) atoms. The fraction of sp³-hybridized carbons (Fsp3) is 0.357. The molecule has 96 valence electrons. The minimum Gasteiger partial charge on any atom is -0.441 e. The molecule has 0 atom stereocenters. The molecule has 0 aliphatic carbocycles. The lowest BCUT2D eigenvalue weighted by Gasteiger charge is -2.05. The summed E-state index contributed by atoms with van der Waals surface area (Å²) in [6.45, 7) is 5.14. The lowest BCUT2D eigenvalue weighted by atomic mass is 10.2. The molecule has 1 N–H and O–H groups in total. The van der Waals surface area contributed by atoms with Gasteiger partial charge in [-0.05, 0) is 6.07 Å². The number of rotatable bonds is 5. The van der Waals surface area contributed by atoms with Crippen LogP contribution in [0.4, 0.5) is 0 Å². The minimum absolute atomic E-state index is 0.489. The Morgan fingerprint density at radius 1 is 1.33 bits per heavy atom. The minimum atomic E-state index is 0.489. The van der Waals surface area contributed by atoms with Gasteiger partial charge in [-0.3, -0.25) is 0 Å². The van der Waals surface area contributed by atoms with Crippen molar-refractivity contribution in [3.05, 3.63) is 40.8 Å². The quantitative estimate of drug-likeness (QED) is 0.916. The molecule has 0 bridgehead atoms. The van der Waals surface area contributed by atoms with E-state index in [1.807, 2.05) is 24.3 Å². The lowest BCUT2D eigenvalue weighted by molar-refractivity contribution is 0.484. The molecular weight excluding hydrogens is 292 g/mol. The number of hydrogen-bond donors (Lipinski definition) is 1. The topological polar surface area (TPSA) is 38.1 Å². The number of oxazole rings is 1. The van der Waals surface area contributed by atoms with Crippen LogP contribution in [0.1, 0.15) is 19.7 Å². The molecule has 0 radical (unpaired) electrons. The zero-order valence-corrected chi connectivity index (χ0v) is 12.2. The Bertz CT molecular complexity index is 508. The summed E-state index contributed by atoms with van der Waals surface area (Å²) >= 11 is 3.51. The predicted molar refractivity (Wildman–Crippen MR) is 76.5 cm³/mol. The third-order valence-corrected chi connectivity index (χ3v) is 3.28. The molecule has 0 amide bonds. The third kappa shape index (κ3) is 3.43. The molecule has 1 aromatic heterocycles. The largest absolute Gasteiger partial charge is 0.441 e. The maximum absolute atomic E-state index is 5.75. The van der Waals surface area contributed by atoms with Crippen molar-refractivity contribution in [3.8, 4) is 11.3 Å². The van der Waals surface area contributed by atoms with Gasteiger partial charge in [-0.25, -0.2) is 4.98 Å². The van der Waals surface area contributed by atoms with Crippen molar-refractivity contribution in [1.29, 1.82) is 0 Å². The smallest absolute Gasteiger partial charge is 0.196 e. The standard InChI is InChI=1S/C14H17BrN2O/c1-10(2)16-8-7-14-17-9-13(18-14)11-5-3-4-6-12(11)15/h3-6,9-10,16H,7-8H2,1-2H3. The Morgan fingerprint density at radius 2 is 2.11 bits per heavy atom. The van der Waals surface area contributed by atoms with Gasteiger partial charge in [0.15, 0.2) is 11.7 Å². The van der Waals surface area contributed by atoms with Gasteiger partial charge < -0.3 is 9.73 Å². The van der Waals surface area contributed by atoms with Crippen molar-refractivity contribution in [3.63, 3.8) is 0 Å². The maximum Gasteiger partial charge on any atom is 0.196 e.